The van der Waals surface area contributed by atoms with Gasteiger partial charge in [0.15, 0.2) is 5.13 Å². The van der Waals surface area contributed by atoms with E-state index in [2.05, 4.69) is 25.8 Å². The molecule has 1 atom stereocenters. The first kappa shape index (κ1) is 25.0. The van der Waals surface area contributed by atoms with Gasteiger partial charge in [0.05, 0.1) is 21.8 Å². The Hall–Kier alpha value is -3.68. The van der Waals surface area contributed by atoms with Crippen LogP contribution in [0.2, 0.25) is 5.02 Å². The molecule has 2 N–H and O–H groups in total. The van der Waals surface area contributed by atoms with Crippen molar-refractivity contribution in [2.45, 2.75) is 39.2 Å². The minimum atomic E-state index is -0.936. The second-order valence-corrected chi connectivity index (χ2v) is 11.6. The average Bonchev–Trinajstić information content (AvgIpc) is 3.36. The van der Waals surface area contributed by atoms with Crippen LogP contribution in [0.4, 0.5) is 5.13 Å². The van der Waals surface area contributed by atoms with E-state index in [0.717, 1.165) is 15.8 Å². The smallest absolute Gasteiger partial charge is 0.301 e. The summed E-state index contributed by atoms with van der Waals surface area (Å²) in [6, 6.07) is 16.3. The van der Waals surface area contributed by atoms with Gasteiger partial charge in [-0.2, -0.15) is 0 Å². The molecule has 3 aromatic carbocycles. The molecule has 37 heavy (non-hydrogen) atoms. The molecule has 1 unspecified atom stereocenters. The summed E-state index contributed by atoms with van der Waals surface area (Å²) in [6.07, 6.45) is 0. The average molecular weight is 533 g/mol. The molecule has 1 saturated heterocycles. The number of aromatic nitrogens is 1. The van der Waals surface area contributed by atoms with Crippen LogP contribution in [-0.4, -0.2) is 26.9 Å². The number of anilines is 1. The molecule has 4 aromatic rings. The highest BCUT2D eigenvalue weighted by molar-refractivity contribution is 7.22. The van der Waals surface area contributed by atoms with Crippen LogP contribution >= 0.6 is 22.9 Å². The second-order valence-electron chi connectivity index (χ2n) is 10.1. The second kappa shape index (κ2) is 9.01. The van der Waals surface area contributed by atoms with E-state index in [9.17, 15) is 19.8 Å². The number of aromatic hydroxyl groups is 1. The maximum absolute atomic E-state index is 13.5. The van der Waals surface area contributed by atoms with Crippen molar-refractivity contribution in [3.63, 3.8) is 0 Å². The zero-order chi connectivity index (χ0) is 26.6. The summed E-state index contributed by atoms with van der Waals surface area (Å²) in [6.45, 7) is 8.05. The fourth-order valence-electron chi connectivity index (χ4n) is 4.48. The molecule has 8 heteroatoms. The van der Waals surface area contributed by atoms with Gasteiger partial charge in [-0.25, -0.2) is 4.98 Å². The number of aryl methyl sites for hydroxylation is 1. The number of hydrogen-bond donors (Lipinski definition) is 2. The van der Waals surface area contributed by atoms with Crippen LogP contribution < -0.4 is 4.90 Å². The highest BCUT2D eigenvalue weighted by Gasteiger charge is 2.48. The summed E-state index contributed by atoms with van der Waals surface area (Å²) in [5, 5.41) is 22.3. The van der Waals surface area contributed by atoms with Crippen LogP contribution in [0.15, 0.2) is 66.2 Å². The predicted molar refractivity (Wildman–Crippen MR) is 147 cm³/mol. The lowest BCUT2D eigenvalue weighted by Crippen LogP contribution is -2.29. The molecule has 0 radical (unpaired) electrons. The van der Waals surface area contributed by atoms with Crippen molar-refractivity contribution in [3.05, 3.63) is 93.5 Å². The number of rotatable bonds is 3. The summed E-state index contributed by atoms with van der Waals surface area (Å²) in [7, 11) is 0. The fourth-order valence-corrected chi connectivity index (χ4v) is 5.75. The number of aliphatic hydroxyl groups is 1. The van der Waals surface area contributed by atoms with Crippen molar-refractivity contribution in [1.82, 2.24) is 4.98 Å². The quantitative estimate of drug-likeness (QED) is 0.170. The Kier molecular flexibility index (Phi) is 6.09. The molecule has 1 aliphatic rings. The van der Waals surface area contributed by atoms with Crippen LogP contribution in [0.25, 0.3) is 16.0 Å². The van der Waals surface area contributed by atoms with Crippen molar-refractivity contribution in [2.24, 2.45) is 0 Å². The van der Waals surface area contributed by atoms with E-state index in [4.69, 9.17) is 11.6 Å². The molecule has 0 bridgehead atoms. The van der Waals surface area contributed by atoms with E-state index in [1.165, 1.54) is 28.4 Å². The molecule has 6 nitrogen and oxygen atoms in total. The van der Waals surface area contributed by atoms with Gasteiger partial charge in [-0.1, -0.05) is 68.0 Å². The zero-order valence-corrected chi connectivity index (χ0v) is 22.3. The van der Waals surface area contributed by atoms with Gasteiger partial charge >= 0.3 is 5.91 Å². The maximum Gasteiger partial charge on any atom is 0.301 e. The lowest BCUT2D eigenvalue weighted by atomic mass is 9.84. The van der Waals surface area contributed by atoms with E-state index in [1.54, 1.807) is 30.3 Å². The Bertz CT molecular complexity index is 1600. The number of nitrogens with zero attached hydrogens (tertiary/aromatic N) is 2. The number of benzene rings is 3. The number of ketones is 1. The number of phenolic OH excluding ortho intramolecular Hbond substituents is 1. The Balaban J connectivity index is 1.75. The van der Waals surface area contributed by atoms with Crippen LogP contribution in [0.1, 0.15) is 49.1 Å². The summed E-state index contributed by atoms with van der Waals surface area (Å²) in [5.41, 5.74) is 3.24. The van der Waals surface area contributed by atoms with Crippen molar-refractivity contribution in [3.8, 4) is 5.75 Å². The topological polar surface area (TPSA) is 90.7 Å². The molecule has 0 aliphatic carbocycles. The van der Waals surface area contributed by atoms with Gasteiger partial charge in [-0.15, -0.1) is 0 Å². The lowest BCUT2D eigenvalue weighted by molar-refractivity contribution is -0.132. The van der Waals surface area contributed by atoms with Crippen molar-refractivity contribution >= 4 is 55.7 Å². The number of carbonyl (C=O) groups excluding carboxylic acids is 2. The molecular weight excluding hydrogens is 508 g/mol. The van der Waals surface area contributed by atoms with E-state index in [1.807, 2.05) is 25.1 Å². The Morgan fingerprint density at radius 3 is 2.41 bits per heavy atom. The number of thiazole rings is 1. The molecule has 1 amide bonds. The summed E-state index contributed by atoms with van der Waals surface area (Å²) in [5.74, 6) is -1.78. The number of carbonyl (C=O) groups is 2. The molecule has 188 valence electrons. The van der Waals surface area contributed by atoms with E-state index >= 15 is 0 Å². The number of hydrogen-bond acceptors (Lipinski definition) is 6. The summed E-state index contributed by atoms with van der Waals surface area (Å²) >= 11 is 7.39. The van der Waals surface area contributed by atoms with Gasteiger partial charge in [0.25, 0.3) is 5.78 Å². The maximum atomic E-state index is 13.5. The third-order valence-electron chi connectivity index (χ3n) is 6.56. The van der Waals surface area contributed by atoms with Crippen molar-refractivity contribution in [1.29, 1.82) is 0 Å². The number of aliphatic hydroxyl groups excluding tert-OH is 1. The van der Waals surface area contributed by atoms with E-state index in [-0.39, 0.29) is 22.5 Å². The van der Waals surface area contributed by atoms with Gasteiger partial charge in [0, 0.05) is 10.6 Å². The van der Waals surface area contributed by atoms with Crippen molar-refractivity contribution in [2.75, 3.05) is 4.90 Å². The highest BCUT2D eigenvalue weighted by atomic mass is 35.5. The number of amides is 1. The number of Topliss-reactive ketones (excluding diaryl/α,β-unsaturated/α-hetero) is 1. The molecule has 5 rings (SSSR count). The first-order chi connectivity index (χ1) is 17.5. The van der Waals surface area contributed by atoms with Crippen LogP contribution in [0, 0.1) is 6.92 Å². The number of halogens is 1. The lowest BCUT2D eigenvalue weighted by Gasteiger charge is -2.24. The minimum Gasteiger partial charge on any atom is -0.508 e. The van der Waals surface area contributed by atoms with Crippen LogP contribution in [-0.2, 0) is 15.0 Å². The highest BCUT2D eigenvalue weighted by Crippen LogP contribution is 2.45. The third-order valence-corrected chi connectivity index (χ3v) is 7.81. The standard InChI is InChI=1S/C29H25ClN2O4S/c1-15-5-8-17(29(2,3)4)13-20(15)25(34)23-24(16-6-10-19(33)11-7-16)32(27(36)26(23)35)28-31-21-12-9-18(30)14-22(21)37-28/h5-14,24,33-34H,1-4H3/b25-23+. The van der Waals surface area contributed by atoms with Crippen LogP contribution in [0.5, 0.6) is 5.75 Å². The number of fused-ring (bicyclic) bond motifs is 1. The van der Waals surface area contributed by atoms with Crippen LogP contribution in [0.3, 0.4) is 0 Å². The van der Waals surface area contributed by atoms with Gasteiger partial charge < -0.3 is 10.2 Å². The fraction of sp³-hybridized carbons (Fsp3) is 0.207. The van der Waals surface area contributed by atoms with Gasteiger partial charge in [-0.3, -0.25) is 14.5 Å². The normalized spacial score (nSPS) is 17.6. The Morgan fingerprint density at radius 2 is 1.73 bits per heavy atom. The summed E-state index contributed by atoms with van der Waals surface area (Å²) in [4.78, 5) is 32.9. The Labute approximate surface area is 223 Å². The molecule has 1 aromatic heterocycles. The van der Waals surface area contributed by atoms with Crippen molar-refractivity contribution < 1.29 is 19.8 Å². The van der Waals surface area contributed by atoms with Gasteiger partial charge in [0.2, 0.25) is 0 Å². The van der Waals surface area contributed by atoms with Gasteiger partial charge in [0.1, 0.15) is 11.5 Å². The molecule has 0 saturated carbocycles. The van der Waals surface area contributed by atoms with E-state index < -0.39 is 17.7 Å². The monoisotopic (exact) mass is 532 g/mol. The molecule has 1 aliphatic heterocycles. The van der Waals surface area contributed by atoms with Gasteiger partial charge in [-0.05, 0) is 65.4 Å². The molecular formula is C29H25ClN2O4S. The molecule has 0 spiro atoms. The van der Waals surface area contributed by atoms with E-state index in [0.29, 0.717) is 26.8 Å². The third kappa shape index (κ3) is 4.38. The first-order valence-corrected chi connectivity index (χ1v) is 12.9. The largest absolute Gasteiger partial charge is 0.508 e. The SMILES string of the molecule is Cc1ccc(C(C)(C)C)cc1/C(O)=C1\C(=O)C(=O)N(c2nc3ccc(Cl)cc3s2)C1c1ccc(O)cc1. The first-order valence-electron chi connectivity index (χ1n) is 11.7. The predicted octanol–water partition coefficient (Wildman–Crippen LogP) is 6.89. The Morgan fingerprint density at radius 1 is 1.03 bits per heavy atom. The molecule has 2 heterocycles. The summed E-state index contributed by atoms with van der Waals surface area (Å²) < 4.78 is 0.766. The zero-order valence-electron chi connectivity index (χ0n) is 20.7. The number of phenols is 1. The minimum absolute atomic E-state index is 0.0258. The molecule has 1 fully saturated rings.